The molecule has 0 radical (unpaired) electrons. The summed E-state index contributed by atoms with van der Waals surface area (Å²) in [7, 11) is 0. The highest BCUT2D eigenvalue weighted by Crippen LogP contribution is 2.57. The number of hydrogen-bond donors (Lipinski definition) is 9. The van der Waals surface area contributed by atoms with Crippen LogP contribution in [0, 0.1) is 0 Å². The van der Waals surface area contributed by atoms with Gasteiger partial charge in [-0.25, -0.2) is 10.2 Å². The maximum atomic E-state index is 13.5. The summed E-state index contributed by atoms with van der Waals surface area (Å²) >= 11 is 0. The Morgan fingerprint density at radius 2 is 1.81 bits per heavy atom. The molecule has 2 aliphatic carbocycles. The van der Waals surface area contributed by atoms with E-state index >= 15 is 0 Å². The number of benzene rings is 1. The zero-order valence-corrected chi connectivity index (χ0v) is 21.6. The first-order chi connectivity index (χ1) is 20.1. The highest BCUT2D eigenvalue weighted by Gasteiger charge is 2.53. The number of nitrogens with one attached hydrogen (secondary N) is 2. The van der Waals surface area contributed by atoms with Gasteiger partial charge in [-0.15, -0.1) is 0 Å². The molecule has 4 aliphatic rings. The largest absolute Gasteiger partial charge is 0.493 e. The van der Waals surface area contributed by atoms with E-state index in [1.165, 1.54) is 23.1 Å². The fraction of sp³-hybridized carbons (Fsp3) is 0.296. The SMILES string of the molecule is NC(=O)Nn1c(O)c2c3c(c4[nH]c5c(c4c2c1O)CC=CC5=O)N(C1OC(CO)C(O)C(O)C1O)C1C(=O)C=CC=C31. The minimum absolute atomic E-state index is 0.000933. The molecule has 10 N–H and O–H groups in total. The number of aliphatic hydroxyl groups is 4. The molecule has 7 rings (SSSR count). The second kappa shape index (κ2) is 8.91. The van der Waals surface area contributed by atoms with Crippen LogP contribution in [0.15, 0.2) is 30.4 Å². The predicted octanol–water partition coefficient (Wildman–Crippen LogP) is -1.04. The Balaban J connectivity index is 1.63. The first-order valence-electron chi connectivity index (χ1n) is 13.0. The molecule has 42 heavy (non-hydrogen) atoms. The number of anilines is 1. The molecule has 0 bridgehead atoms. The van der Waals surface area contributed by atoms with E-state index in [9.17, 15) is 45.0 Å². The van der Waals surface area contributed by atoms with Crippen molar-refractivity contribution in [2.24, 2.45) is 5.73 Å². The fourth-order valence-corrected chi connectivity index (χ4v) is 6.60. The van der Waals surface area contributed by atoms with E-state index in [-0.39, 0.29) is 50.8 Å². The zero-order chi connectivity index (χ0) is 29.8. The van der Waals surface area contributed by atoms with Crippen LogP contribution in [0.25, 0.3) is 27.2 Å². The summed E-state index contributed by atoms with van der Waals surface area (Å²) in [5.74, 6) is -2.07. The molecule has 1 fully saturated rings. The van der Waals surface area contributed by atoms with Crippen molar-refractivity contribution in [3.63, 3.8) is 0 Å². The maximum Gasteiger partial charge on any atom is 0.331 e. The standard InChI is InChI=1S/C27H25N5O10/c28-27(41)30-32-24(39)15-13-8-3-1-5-10(34)17(8)29-18(13)20-14(16(15)25(32)40)9-4-2-6-11(35)19(9)31(20)26-23(38)22(37)21(36)12(7-33)42-26/h1-2,4-6,12,19,21-23,26,29,33,36-40H,3,7H2,(H3,28,30,41). The maximum absolute atomic E-state index is 13.5. The summed E-state index contributed by atoms with van der Waals surface area (Å²) in [6.45, 7) is -0.717. The Bertz CT molecular complexity index is 1830. The van der Waals surface area contributed by atoms with Gasteiger partial charge in [-0.1, -0.05) is 18.2 Å². The number of urea groups is 1. The fourth-order valence-electron chi connectivity index (χ4n) is 6.60. The molecule has 2 amide bonds. The minimum Gasteiger partial charge on any atom is -0.493 e. The summed E-state index contributed by atoms with van der Waals surface area (Å²) in [5, 5.41) is 65.1. The third-order valence-electron chi connectivity index (χ3n) is 8.32. The number of primary amides is 1. The highest BCUT2D eigenvalue weighted by atomic mass is 16.6. The van der Waals surface area contributed by atoms with Crippen LogP contribution in [0.1, 0.15) is 21.6 Å². The van der Waals surface area contributed by atoms with Gasteiger partial charge in [-0.05, 0) is 29.7 Å². The van der Waals surface area contributed by atoms with Gasteiger partial charge in [0.15, 0.2) is 12.0 Å². The van der Waals surface area contributed by atoms with Crippen molar-refractivity contribution in [3.8, 4) is 11.8 Å². The van der Waals surface area contributed by atoms with Gasteiger partial charge in [0.25, 0.3) is 0 Å². The van der Waals surface area contributed by atoms with E-state index in [2.05, 4.69) is 10.4 Å². The summed E-state index contributed by atoms with van der Waals surface area (Å²) in [4.78, 5) is 42.7. The van der Waals surface area contributed by atoms with Crippen molar-refractivity contribution in [1.82, 2.24) is 9.66 Å². The van der Waals surface area contributed by atoms with Crippen molar-refractivity contribution in [2.45, 2.75) is 43.1 Å². The number of carbonyl (C=O) groups is 3. The number of allylic oxidation sites excluding steroid dienone is 4. The number of aromatic amines is 1. The number of nitrogens with zero attached hydrogens (tertiary/aromatic N) is 2. The molecule has 15 heteroatoms. The minimum atomic E-state index is -1.78. The summed E-state index contributed by atoms with van der Waals surface area (Å²) in [5.41, 5.74) is 8.99. The van der Waals surface area contributed by atoms with Crippen molar-refractivity contribution >= 4 is 50.5 Å². The molecule has 3 aromatic rings. The molecule has 2 aliphatic heterocycles. The number of aromatic hydroxyl groups is 2. The van der Waals surface area contributed by atoms with Crippen LogP contribution in [0.4, 0.5) is 10.5 Å². The van der Waals surface area contributed by atoms with E-state index in [4.69, 9.17) is 10.5 Å². The van der Waals surface area contributed by atoms with Crippen LogP contribution in [-0.4, -0.2) is 101 Å². The zero-order valence-electron chi connectivity index (χ0n) is 21.6. The van der Waals surface area contributed by atoms with Gasteiger partial charge < -0.3 is 51.0 Å². The van der Waals surface area contributed by atoms with Gasteiger partial charge in [-0.3, -0.25) is 9.59 Å². The summed E-state index contributed by atoms with van der Waals surface area (Å²) < 4.78 is 6.57. The number of fused-ring (bicyclic) bond motifs is 10. The number of ketones is 2. The number of ether oxygens (including phenoxy) is 1. The monoisotopic (exact) mass is 579 g/mol. The van der Waals surface area contributed by atoms with Crippen LogP contribution < -0.4 is 16.1 Å². The normalized spacial score (nSPS) is 28.3. The number of hydrogen-bond acceptors (Lipinski definition) is 11. The number of amides is 2. The molecule has 15 nitrogen and oxygen atoms in total. The lowest BCUT2D eigenvalue weighted by Gasteiger charge is -2.46. The van der Waals surface area contributed by atoms with Crippen molar-refractivity contribution in [2.75, 3.05) is 16.9 Å². The van der Waals surface area contributed by atoms with Crippen LogP contribution in [0.5, 0.6) is 11.8 Å². The third kappa shape index (κ3) is 3.24. The Morgan fingerprint density at radius 1 is 1.07 bits per heavy atom. The first kappa shape index (κ1) is 26.2. The average molecular weight is 580 g/mol. The van der Waals surface area contributed by atoms with Gasteiger partial charge in [0.1, 0.15) is 30.5 Å². The molecule has 4 heterocycles. The number of H-pyrrole nitrogens is 1. The van der Waals surface area contributed by atoms with E-state index in [1.807, 2.05) is 0 Å². The molecule has 2 aromatic heterocycles. The quantitative estimate of drug-likeness (QED) is 0.181. The van der Waals surface area contributed by atoms with Gasteiger partial charge in [-0.2, -0.15) is 4.68 Å². The Labute approximate surface area is 235 Å². The van der Waals surface area contributed by atoms with Gasteiger partial charge in [0.2, 0.25) is 17.5 Å². The molecule has 1 saturated heterocycles. The molecule has 6 atom stereocenters. The second-order valence-electron chi connectivity index (χ2n) is 10.5. The predicted molar refractivity (Wildman–Crippen MR) is 145 cm³/mol. The van der Waals surface area contributed by atoms with Crippen molar-refractivity contribution < 1.29 is 49.8 Å². The summed E-state index contributed by atoms with van der Waals surface area (Å²) in [6.07, 6.45) is -0.442. The Hall–Kier alpha value is -4.67. The number of aromatic nitrogens is 2. The van der Waals surface area contributed by atoms with E-state index in [0.717, 1.165) is 0 Å². The number of nitrogens with two attached hydrogens (primary N) is 1. The lowest BCUT2D eigenvalue weighted by Crippen LogP contribution is -2.65. The topological polar surface area (TPSA) is 244 Å². The highest BCUT2D eigenvalue weighted by molar-refractivity contribution is 6.29. The molecule has 6 unspecified atom stereocenters. The van der Waals surface area contributed by atoms with E-state index < -0.39 is 66.9 Å². The molecule has 218 valence electrons. The lowest BCUT2D eigenvalue weighted by molar-refractivity contribution is -0.229. The van der Waals surface area contributed by atoms with Crippen LogP contribution >= 0.6 is 0 Å². The van der Waals surface area contributed by atoms with E-state index in [1.54, 1.807) is 12.2 Å². The van der Waals surface area contributed by atoms with Gasteiger partial charge in [0.05, 0.1) is 34.3 Å². The van der Waals surface area contributed by atoms with Crippen LogP contribution in [0.2, 0.25) is 0 Å². The lowest BCUT2D eigenvalue weighted by atomic mass is 9.90. The number of carbonyl (C=O) groups excluding carboxylic acids is 3. The first-order valence-corrected chi connectivity index (χ1v) is 13.0. The molecule has 0 spiro atoms. The smallest absolute Gasteiger partial charge is 0.331 e. The van der Waals surface area contributed by atoms with Crippen LogP contribution in [0.3, 0.4) is 0 Å². The molecular formula is C27H25N5O10. The van der Waals surface area contributed by atoms with Gasteiger partial charge in [0, 0.05) is 10.9 Å². The van der Waals surface area contributed by atoms with Crippen LogP contribution in [-0.2, 0) is 16.0 Å². The van der Waals surface area contributed by atoms with E-state index in [0.29, 0.717) is 15.8 Å². The Morgan fingerprint density at radius 3 is 2.52 bits per heavy atom. The summed E-state index contributed by atoms with van der Waals surface area (Å²) in [6, 6.07) is -2.29. The van der Waals surface area contributed by atoms with Gasteiger partial charge >= 0.3 is 6.03 Å². The average Bonchev–Trinajstić information content (AvgIpc) is 3.58. The molecular weight excluding hydrogens is 554 g/mol. The second-order valence-corrected chi connectivity index (χ2v) is 10.5. The third-order valence-corrected chi connectivity index (χ3v) is 8.32. The number of aliphatic hydroxyl groups excluding tert-OH is 4. The number of rotatable bonds is 3. The molecule has 0 saturated carbocycles. The van der Waals surface area contributed by atoms with Crippen molar-refractivity contribution in [3.05, 3.63) is 47.2 Å². The molecule has 1 aromatic carbocycles. The Kier molecular flexibility index (Phi) is 5.57. The van der Waals surface area contributed by atoms with Crippen molar-refractivity contribution in [1.29, 1.82) is 0 Å².